The minimum Gasteiger partial charge on any atom is -0.462 e. The number of fused-ring (bicyclic) bond motifs is 1. The van der Waals surface area contributed by atoms with Gasteiger partial charge in [-0.05, 0) is 43.7 Å². The van der Waals surface area contributed by atoms with Crippen molar-refractivity contribution in [1.29, 1.82) is 0 Å². The SMILES string of the molecule is CC(=O)OC(C)[C@H]1[C@H]2C[C@H]2C[C@H]1NS(=O)(=O)c1ccccc1. The molecule has 1 aromatic rings. The van der Waals surface area contributed by atoms with Crippen LogP contribution in [0.1, 0.15) is 26.7 Å². The van der Waals surface area contributed by atoms with Gasteiger partial charge in [0.15, 0.2) is 0 Å². The summed E-state index contributed by atoms with van der Waals surface area (Å²) in [6, 6.07) is 8.21. The van der Waals surface area contributed by atoms with E-state index < -0.39 is 10.0 Å². The molecule has 2 aliphatic rings. The molecule has 22 heavy (non-hydrogen) atoms. The third-order valence-corrected chi connectivity index (χ3v) is 6.25. The molecule has 2 saturated carbocycles. The van der Waals surface area contributed by atoms with Gasteiger partial charge >= 0.3 is 5.97 Å². The predicted molar refractivity (Wildman–Crippen MR) is 81.5 cm³/mol. The second-order valence-electron chi connectivity index (χ2n) is 6.33. The zero-order valence-corrected chi connectivity index (χ0v) is 13.5. The van der Waals surface area contributed by atoms with Gasteiger partial charge in [-0.1, -0.05) is 18.2 Å². The molecule has 0 heterocycles. The summed E-state index contributed by atoms with van der Waals surface area (Å²) >= 11 is 0. The van der Waals surface area contributed by atoms with Crippen LogP contribution in [0, 0.1) is 17.8 Å². The number of carbonyl (C=O) groups is 1. The second kappa shape index (κ2) is 5.66. The molecule has 6 heteroatoms. The summed E-state index contributed by atoms with van der Waals surface area (Å²) in [6.07, 6.45) is 1.67. The topological polar surface area (TPSA) is 72.5 Å². The van der Waals surface area contributed by atoms with Crippen LogP contribution >= 0.6 is 0 Å². The summed E-state index contributed by atoms with van der Waals surface area (Å²) in [5.41, 5.74) is 0. The van der Waals surface area contributed by atoms with Crippen LogP contribution in [0.4, 0.5) is 0 Å². The number of ether oxygens (including phenoxy) is 1. The molecule has 5 atom stereocenters. The van der Waals surface area contributed by atoms with Gasteiger partial charge in [0.2, 0.25) is 10.0 Å². The molecular formula is C16H21NO4S. The van der Waals surface area contributed by atoms with Crippen LogP contribution in [0.25, 0.3) is 0 Å². The molecule has 2 aliphatic carbocycles. The lowest BCUT2D eigenvalue weighted by Crippen LogP contribution is -2.43. The van der Waals surface area contributed by atoms with Crippen LogP contribution in [0.3, 0.4) is 0 Å². The number of nitrogens with one attached hydrogen (secondary N) is 1. The first kappa shape index (κ1) is 15.5. The second-order valence-corrected chi connectivity index (χ2v) is 8.04. The summed E-state index contributed by atoms with van der Waals surface area (Å²) in [6.45, 7) is 3.25. The van der Waals surface area contributed by atoms with Crippen LogP contribution in [0.15, 0.2) is 35.2 Å². The molecule has 0 spiro atoms. The number of carbonyl (C=O) groups excluding carboxylic acids is 1. The van der Waals surface area contributed by atoms with Gasteiger partial charge in [-0.2, -0.15) is 0 Å². The lowest BCUT2D eigenvalue weighted by Gasteiger charge is -2.28. The van der Waals surface area contributed by atoms with E-state index >= 15 is 0 Å². The Hall–Kier alpha value is -1.40. The van der Waals surface area contributed by atoms with E-state index in [4.69, 9.17) is 4.74 Å². The van der Waals surface area contributed by atoms with Gasteiger partial charge < -0.3 is 4.74 Å². The molecule has 0 aromatic heterocycles. The zero-order valence-electron chi connectivity index (χ0n) is 12.7. The fraction of sp³-hybridized carbons (Fsp3) is 0.562. The van der Waals surface area contributed by atoms with Crippen molar-refractivity contribution in [1.82, 2.24) is 4.72 Å². The number of benzene rings is 1. The van der Waals surface area contributed by atoms with Crippen molar-refractivity contribution >= 4 is 16.0 Å². The molecule has 5 nitrogen and oxygen atoms in total. The molecule has 0 bridgehead atoms. The summed E-state index contributed by atoms with van der Waals surface area (Å²) < 4.78 is 33.1. The van der Waals surface area contributed by atoms with Gasteiger partial charge in [0.05, 0.1) is 4.90 Å². The average molecular weight is 323 g/mol. The Kier molecular flexibility index (Phi) is 3.99. The van der Waals surface area contributed by atoms with Gasteiger partial charge in [0.25, 0.3) is 0 Å². The number of sulfonamides is 1. The van der Waals surface area contributed by atoms with E-state index in [1.807, 2.05) is 6.92 Å². The van der Waals surface area contributed by atoms with Crippen molar-refractivity contribution in [3.8, 4) is 0 Å². The van der Waals surface area contributed by atoms with Gasteiger partial charge in [-0.15, -0.1) is 0 Å². The van der Waals surface area contributed by atoms with Gasteiger partial charge in [-0.25, -0.2) is 13.1 Å². The van der Waals surface area contributed by atoms with Crippen molar-refractivity contribution in [3.63, 3.8) is 0 Å². The summed E-state index contributed by atoms with van der Waals surface area (Å²) in [5.74, 6) is 0.776. The Bertz CT molecular complexity index is 658. The summed E-state index contributed by atoms with van der Waals surface area (Å²) in [4.78, 5) is 11.5. The molecule has 2 fully saturated rings. The van der Waals surface area contributed by atoms with E-state index in [9.17, 15) is 13.2 Å². The quantitative estimate of drug-likeness (QED) is 0.841. The van der Waals surface area contributed by atoms with E-state index in [0.717, 1.165) is 12.8 Å². The highest BCUT2D eigenvalue weighted by atomic mass is 32.2. The Morgan fingerprint density at radius 1 is 1.27 bits per heavy atom. The Morgan fingerprint density at radius 2 is 1.95 bits per heavy atom. The van der Waals surface area contributed by atoms with Crippen LogP contribution in [-0.4, -0.2) is 26.5 Å². The fourth-order valence-corrected chi connectivity index (χ4v) is 5.11. The normalized spacial score (nSPS) is 31.4. The highest BCUT2D eigenvalue weighted by molar-refractivity contribution is 7.89. The third-order valence-electron chi connectivity index (χ3n) is 4.75. The molecule has 0 radical (unpaired) electrons. The summed E-state index contributed by atoms with van der Waals surface area (Å²) in [5, 5.41) is 0. The maximum atomic E-state index is 12.5. The first-order valence-corrected chi connectivity index (χ1v) is 9.11. The first-order chi connectivity index (χ1) is 10.4. The Labute approximate surface area is 131 Å². The van der Waals surface area contributed by atoms with Crippen LogP contribution in [0.2, 0.25) is 0 Å². The molecule has 0 aliphatic heterocycles. The van der Waals surface area contributed by atoms with Gasteiger partial charge in [-0.3, -0.25) is 4.79 Å². The van der Waals surface area contributed by atoms with E-state index in [1.165, 1.54) is 6.92 Å². The first-order valence-electron chi connectivity index (χ1n) is 7.63. The predicted octanol–water partition coefficient (Wildman–Crippen LogP) is 1.94. The third kappa shape index (κ3) is 3.03. The monoisotopic (exact) mass is 323 g/mol. The Morgan fingerprint density at radius 3 is 2.59 bits per heavy atom. The standard InChI is InChI=1S/C16H21NO4S/c1-10(21-11(2)18)16-14-8-12(14)9-15(16)17-22(19,20)13-6-4-3-5-7-13/h3-7,10,12,14-17H,8-9H2,1-2H3/t10?,12-,14-,15+,16-/m0/s1. The van der Waals surface area contributed by atoms with E-state index in [0.29, 0.717) is 11.8 Å². The van der Waals surface area contributed by atoms with Gasteiger partial charge in [0, 0.05) is 18.9 Å². The highest BCUT2D eigenvalue weighted by Gasteiger charge is 2.56. The maximum absolute atomic E-state index is 12.5. The van der Waals surface area contributed by atoms with Gasteiger partial charge in [0.1, 0.15) is 6.10 Å². The molecule has 3 rings (SSSR count). The molecule has 0 saturated heterocycles. The van der Waals surface area contributed by atoms with E-state index in [2.05, 4.69) is 4.72 Å². The van der Waals surface area contributed by atoms with Crippen molar-refractivity contribution in [2.45, 2.75) is 43.7 Å². The zero-order chi connectivity index (χ0) is 15.9. The fourth-order valence-electron chi connectivity index (χ4n) is 3.80. The minimum absolute atomic E-state index is 0.0624. The van der Waals surface area contributed by atoms with Crippen molar-refractivity contribution in [3.05, 3.63) is 30.3 Å². The minimum atomic E-state index is -3.53. The van der Waals surface area contributed by atoms with Crippen molar-refractivity contribution in [2.24, 2.45) is 17.8 Å². The molecule has 1 aromatic carbocycles. The average Bonchev–Trinajstić information content (AvgIpc) is 3.09. The Balaban J connectivity index is 1.75. The van der Waals surface area contributed by atoms with Crippen LogP contribution in [0.5, 0.6) is 0 Å². The molecular weight excluding hydrogens is 302 g/mol. The smallest absolute Gasteiger partial charge is 0.302 e. The number of hydrogen-bond acceptors (Lipinski definition) is 4. The highest BCUT2D eigenvalue weighted by Crippen LogP contribution is 2.57. The molecule has 1 N–H and O–H groups in total. The molecule has 0 amide bonds. The van der Waals surface area contributed by atoms with Crippen molar-refractivity contribution in [2.75, 3.05) is 0 Å². The van der Waals surface area contributed by atoms with Crippen molar-refractivity contribution < 1.29 is 17.9 Å². The largest absolute Gasteiger partial charge is 0.462 e. The summed E-state index contributed by atoms with van der Waals surface area (Å²) in [7, 11) is -3.53. The maximum Gasteiger partial charge on any atom is 0.302 e. The lowest BCUT2D eigenvalue weighted by atomic mass is 9.93. The lowest BCUT2D eigenvalue weighted by molar-refractivity contribution is -0.148. The van der Waals surface area contributed by atoms with E-state index in [-0.39, 0.29) is 28.9 Å². The molecule has 120 valence electrons. The number of hydrogen-bond donors (Lipinski definition) is 1. The van der Waals surface area contributed by atoms with Crippen LogP contribution in [-0.2, 0) is 19.6 Å². The number of esters is 1. The number of rotatable bonds is 5. The van der Waals surface area contributed by atoms with Crippen LogP contribution < -0.4 is 4.72 Å². The molecule has 1 unspecified atom stereocenters. The van der Waals surface area contributed by atoms with E-state index in [1.54, 1.807) is 30.3 Å².